The van der Waals surface area contributed by atoms with Crippen LogP contribution in [0.3, 0.4) is 0 Å². The fourth-order valence-electron chi connectivity index (χ4n) is 2.14. The maximum absolute atomic E-state index is 6.39. The Kier molecular flexibility index (Phi) is 5.02. The van der Waals surface area contributed by atoms with E-state index in [1.54, 1.807) is 0 Å². The van der Waals surface area contributed by atoms with Gasteiger partial charge in [0.2, 0.25) is 0 Å². The van der Waals surface area contributed by atoms with Crippen molar-refractivity contribution in [2.24, 2.45) is 7.05 Å². The molecule has 102 valence electrons. The molecular weight excluding hydrogens is 326 g/mol. The third kappa shape index (κ3) is 3.59. The second-order valence-electron chi connectivity index (χ2n) is 4.48. The standard InChI is InChI=1S/C14H17BrClN3/c1-3-17-13(7-10-8-18-19(2)9-10)11-5-4-6-12(15)14(11)16/h4-6,8-9,13,17H,3,7H2,1-2H3. The van der Waals surface area contributed by atoms with Gasteiger partial charge in [-0.15, -0.1) is 0 Å². The van der Waals surface area contributed by atoms with Crippen LogP contribution in [-0.2, 0) is 13.5 Å². The molecular formula is C14H17BrClN3. The molecule has 2 rings (SSSR count). The van der Waals surface area contributed by atoms with E-state index in [9.17, 15) is 0 Å². The van der Waals surface area contributed by atoms with E-state index >= 15 is 0 Å². The number of hydrogen-bond acceptors (Lipinski definition) is 2. The first-order valence-electron chi connectivity index (χ1n) is 6.26. The SMILES string of the molecule is CCNC(Cc1cnn(C)c1)c1cccc(Br)c1Cl. The van der Waals surface area contributed by atoms with Gasteiger partial charge < -0.3 is 5.32 Å². The lowest BCUT2D eigenvalue weighted by atomic mass is 10.0. The molecule has 0 aliphatic heterocycles. The molecule has 0 spiro atoms. The Morgan fingerprint density at radius 1 is 1.47 bits per heavy atom. The van der Waals surface area contributed by atoms with Crippen molar-refractivity contribution < 1.29 is 0 Å². The van der Waals surface area contributed by atoms with Crippen LogP contribution in [0.1, 0.15) is 24.1 Å². The topological polar surface area (TPSA) is 29.9 Å². The Hall–Kier alpha value is -0.840. The molecule has 0 radical (unpaired) electrons. The van der Waals surface area contributed by atoms with E-state index in [1.165, 1.54) is 5.56 Å². The van der Waals surface area contributed by atoms with Crippen LogP contribution in [0.15, 0.2) is 35.1 Å². The van der Waals surface area contributed by atoms with Crippen molar-refractivity contribution in [3.63, 3.8) is 0 Å². The summed E-state index contributed by atoms with van der Waals surface area (Å²) in [5.41, 5.74) is 2.31. The molecule has 1 heterocycles. The third-order valence-electron chi connectivity index (χ3n) is 3.01. The monoisotopic (exact) mass is 341 g/mol. The van der Waals surface area contributed by atoms with Crippen molar-refractivity contribution in [3.8, 4) is 0 Å². The van der Waals surface area contributed by atoms with Crippen molar-refractivity contribution in [2.75, 3.05) is 6.54 Å². The predicted octanol–water partition coefficient (Wildman–Crippen LogP) is 3.73. The number of aromatic nitrogens is 2. The van der Waals surface area contributed by atoms with Crippen LogP contribution in [0.25, 0.3) is 0 Å². The zero-order chi connectivity index (χ0) is 13.8. The average molecular weight is 343 g/mol. The van der Waals surface area contributed by atoms with Crippen LogP contribution < -0.4 is 5.32 Å². The second kappa shape index (κ2) is 6.55. The van der Waals surface area contributed by atoms with E-state index in [0.717, 1.165) is 28.0 Å². The highest BCUT2D eigenvalue weighted by Gasteiger charge is 2.16. The average Bonchev–Trinajstić information content (AvgIpc) is 2.78. The first kappa shape index (κ1) is 14.6. The minimum atomic E-state index is 0.194. The van der Waals surface area contributed by atoms with E-state index in [-0.39, 0.29) is 6.04 Å². The summed E-state index contributed by atoms with van der Waals surface area (Å²) in [6, 6.07) is 6.23. The molecule has 1 aromatic carbocycles. The molecule has 5 heteroatoms. The first-order valence-corrected chi connectivity index (χ1v) is 7.43. The molecule has 3 nitrogen and oxygen atoms in total. The molecule has 0 saturated carbocycles. The van der Waals surface area contributed by atoms with E-state index in [2.05, 4.69) is 39.3 Å². The number of rotatable bonds is 5. The Balaban J connectivity index is 2.26. The molecule has 0 fully saturated rings. The van der Waals surface area contributed by atoms with Crippen molar-refractivity contribution in [3.05, 3.63) is 51.2 Å². The van der Waals surface area contributed by atoms with Gasteiger partial charge in [-0.2, -0.15) is 5.10 Å². The van der Waals surface area contributed by atoms with Gasteiger partial charge >= 0.3 is 0 Å². The van der Waals surface area contributed by atoms with E-state index in [4.69, 9.17) is 11.6 Å². The van der Waals surface area contributed by atoms with E-state index < -0.39 is 0 Å². The van der Waals surface area contributed by atoms with Crippen LogP contribution in [0.2, 0.25) is 5.02 Å². The van der Waals surface area contributed by atoms with Crippen molar-refractivity contribution in [2.45, 2.75) is 19.4 Å². The zero-order valence-electron chi connectivity index (χ0n) is 11.0. The number of nitrogens with one attached hydrogen (secondary N) is 1. The maximum Gasteiger partial charge on any atom is 0.0595 e. The van der Waals surface area contributed by atoms with Crippen LogP contribution in [0, 0.1) is 0 Å². The van der Waals surface area contributed by atoms with Gasteiger partial charge in [0.15, 0.2) is 0 Å². The number of likely N-dealkylation sites (N-methyl/N-ethyl adjacent to an activating group) is 1. The van der Waals surface area contributed by atoms with Gasteiger partial charge in [0, 0.05) is 23.8 Å². The summed E-state index contributed by atoms with van der Waals surface area (Å²) >= 11 is 9.87. The summed E-state index contributed by atoms with van der Waals surface area (Å²) in [4.78, 5) is 0. The third-order valence-corrected chi connectivity index (χ3v) is 4.32. The highest BCUT2D eigenvalue weighted by atomic mass is 79.9. The summed E-state index contributed by atoms with van der Waals surface area (Å²) in [6.45, 7) is 3.00. The molecule has 0 aliphatic carbocycles. The van der Waals surface area contributed by atoms with Crippen LogP contribution in [0.5, 0.6) is 0 Å². The van der Waals surface area contributed by atoms with Gasteiger partial charge in [-0.3, -0.25) is 4.68 Å². The highest BCUT2D eigenvalue weighted by molar-refractivity contribution is 9.10. The smallest absolute Gasteiger partial charge is 0.0595 e. The fourth-order valence-corrected chi connectivity index (χ4v) is 2.78. The van der Waals surface area contributed by atoms with Crippen molar-refractivity contribution >= 4 is 27.5 Å². The molecule has 19 heavy (non-hydrogen) atoms. The lowest BCUT2D eigenvalue weighted by Crippen LogP contribution is -2.23. The minimum Gasteiger partial charge on any atom is -0.310 e. The van der Waals surface area contributed by atoms with Crippen LogP contribution in [-0.4, -0.2) is 16.3 Å². The molecule has 1 atom stereocenters. The Labute approximate surface area is 127 Å². The summed E-state index contributed by atoms with van der Waals surface area (Å²) < 4.78 is 2.75. The predicted molar refractivity (Wildman–Crippen MR) is 82.5 cm³/mol. The Morgan fingerprint density at radius 2 is 2.26 bits per heavy atom. The lowest BCUT2D eigenvalue weighted by molar-refractivity contribution is 0.549. The molecule has 0 bridgehead atoms. The molecule has 0 amide bonds. The fraction of sp³-hybridized carbons (Fsp3) is 0.357. The lowest BCUT2D eigenvalue weighted by Gasteiger charge is -2.19. The minimum absolute atomic E-state index is 0.194. The van der Waals surface area contributed by atoms with Crippen molar-refractivity contribution in [1.29, 1.82) is 0 Å². The number of aryl methyl sites for hydroxylation is 1. The van der Waals surface area contributed by atoms with Gasteiger partial charge in [0.05, 0.1) is 11.2 Å². The maximum atomic E-state index is 6.39. The van der Waals surface area contributed by atoms with E-state index in [1.807, 2.05) is 36.3 Å². The summed E-state index contributed by atoms with van der Waals surface area (Å²) in [6.07, 6.45) is 4.81. The highest BCUT2D eigenvalue weighted by Crippen LogP contribution is 2.31. The molecule has 0 saturated heterocycles. The largest absolute Gasteiger partial charge is 0.310 e. The quantitative estimate of drug-likeness (QED) is 0.897. The van der Waals surface area contributed by atoms with Gasteiger partial charge in [-0.05, 0) is 46.1 Å². The Morgan fingerprint density at radius 3 is 2.89 bits per heavy atom. The normalized spacial score (nSPS) is 12.6. The van der Waals surface area contributed by atoms with Crippen LogP contribution >= 0.6 is 27.5 Å². The van der Waals surface area contributed by atoms with Gasteiger partial charge in [-0.25, -0.2) is 0 Å². The van der Waals surface area contributed by atoms with Crippen LogP contribution in [0.4, 0.5) is 0 Å². The zero-order valence-corrected chi connectivity index (χ0v) is 13.4. The molecule has 1 aromatic heterocycles. The molecule has 0 aliphatic rings. The number of benzene rings is 1. The molecule has 2 aromatic rings. The number of nitrogens with zero attached hydrogens (tertiary/aromatic N) is 2. The second-order valence-corrected chi connectivity index (χ2v) is 5.71. The number of hydrogen-bond donors (Lipinski definition) is 1. The number of halogens is 2. The van der Waals surface area contributed by atoms with Gasteiger partial charge in [0.1, 0.15) is 0 Å². The summed E-state index contributed by atoms with van der Waals surface area (Å²) in [7, 11) is 1.93. The molecule has 1 unspecified atom stereocenters. The van der Waals surface area contributed by atoms with Gasteiger partial charge in [0.25, 0.3) is 0 Å². The molecule has 1 N–H and O–H groups in total. The summed E-state index contributed by atoms with van der Waals surface area (Å²) in [5.74, 6) is 0. The van der Waals surface area contributed by atoms with Crippen molar-refractivity contribution in [1.82, 2.24) is 15.1 Å². The van der Waals surface area contributed by atoms with Gasteiger partial charge in [-0.1, -0.05) is 30.7 Å². The van der Waals surface area contributed by atoms with E-state index in [0.29, 0.717) is 0 Å². The first-order chi connectivity index (χ1) is 9.11. The Bertz CT molecular complexity index is 553. The summed E-state index contributed by atoms with van der Waals surface area (Å²) in [5, 5.41) is 8.47.